The standard InChI is InChI=1S/C26H31F2N3O3/c1-3-18(2)6-4-9-23(32)29-19-10-12-20(13-11-19)30-14-16-31(17-15-30)26(34)25(33)24-21(27)7-5-8-22(24)28/h3,5,7-8,10-13,25,33H,4,6,9,14-17H2,1-2H3,(H,29,32)/b18-3+. The van der Waals surface area contributed by atoms with E-state index in [1.165, 1.54) is 16.5 Å². The van der Waals surface area contributed by atoms with Crippen LogP contribution in [0.3, 0.4) is 0 Å². The third-order valence-electron chi connectivity index (χ3n) is 6.08. The number of benzene rings is 2. The van der Waals surface area contributed by atoms with Crippen molar-refractivity contribution in [3.63, 3.8) is 0 Å². The van der Waals surface area contributed by atoms with Gasteiger partial charge in [0, 0.05) is 44.0 Å². The maximum absolute atomic E-state index is 13.9. The zero-order valence-electron chi connectivity index (χ0n) is 19.6. The number of carbonyl (C=O) groups excluding carboxylic acids is 2. The summed E-state index contributed by atoms with van der Waals surface area (Å²) in [7, 11) is 0. The predicted molar refractivity (Wildman–Crippen MR) is 128 cm³/mol. The van der Waals surface area contributed by atoms with Crippen LogP contribution in [0.5, 0.6) is 0 Å². The lowest BCUT2D eigenvalue weighted by atomic mass is 10.1. The third kappa shape index (κ3) is 6.41. The second-order valence-corrected chi connectivity index (χ2v) is 8.43. The largest absolute Gasteiger partial charge is 0.378 e. The highest BCUT2D eigenvalue weighted by molar-refractivity contribution is 5.90. The molecule has 8 heteroatoms. The van der Waals surface area contributed by atoms with Crippen LogP contribution in [0.4, 0.5) is 20.2 Å². The Kier molecular flexibility index (Phi) is 8.76. The van der Waals surface area contributed by atoms with E-state index in [2.05, 4.69) is 23.2 Å². The molecule has 1 saturated heterocycles. The fraction of sp³-hybridized carbons (Fsp3) is 0.385. The summed E-state index contributed by atoms with van der Waals surface area (Å²) < 4.78 is 27.8. The van der Waals surface area contributed by atoms with Crippen LogP contribution >= 0.6 is 0 Å². The predicted octanol–water partition coefficient (Wildman–Crippen LogP) is 4.42. The third-order valence-corrected chi connectivity index (χ3v) is 6.08. The lowest BCUT2D eigenvalue weighted by molar-refractivity contribution is -0.141. The molecule has 0 radical (unpaired) electrons. The molecule has 1 aliphatic rings. The number of nitrogens with zero attached hydrogens (tertiary/aromatic N) is 2. The first-order chi connectivity index (χ1) is 16.3. The SMILES string of the molecule is C/C=C(\C)CCCC(=O)Nc1ccc(N2CCN(C(=O)C(O)c3c(F)cccc3F)CC2)cc1. The molecule has 182 valence electrons. The van der Waals surface area contributed by atoms with E-state index in [4.69, 9.17) is 0 Å². The van der Waals surface area contributed by atoms with Crippen LogP contribution in [-0.4, -0.2) is 48.0 Å². The number of aliphatic hydroxyl groups is 1. The first-order valence-corrected chi connectivity index (χ1v) is 11.5. The first-order valence-electron chi connectivity index (χ1n) is 11.5. The van der Waals surface area contributed by atoms with Crippen molar-refractivity contribution in [1.82, 2.24) is 4.90 Å². The van der Waals surface area contributed by atoms with Gasteiger partial charge >= 0.3 is 0 Å². The van der Waals surface area contributed by atoms with E-state index in [-0.39, 0.29) is 5.91 Å². The normalized spacial score (nSPS) is 15.3. The lowest BCUT2D eigenvalue weighted by Crippen LogP contribution is -2.50. The van der Waals surface area contributed by atoms with Crippen LogP contribution in [0.25, 0.3) is 0 Å². The highest BCUT2D eigenvalue weighted by Gasteiger charge is 2.30. The van der Waals surface area contributed by atoms with Gasteiger partial charge in [-0.2, -0.15) is 0 Å². The van der Waals surface area contributed by atoms with Gasteiger partial charge in [0.05, 0.1) is 5.56 Å². The van der Waals surface area contributed by atoms with Gasteiger partial charge in [-0.15, -0.1) is 0 Å². The molecule has 0 saturated carbocycles. The number of piperazine rings is 1. The molecule has 34 heavy (non-hydrogen) atoms. The summed E-state index contributed by atoms with van der Waals surface area (Å²) in [4.78, 5) is 28.2. The monoisotopic (exact) mass is 471 g/mol. The number of rotatable bonds is 8. The summed E-state index contributed by atoms with van der Waals surface area (Å²) in [6, 6.07) is 10.7. The number of aliphatic hydroxyl groups excluding tert-OH is 1. The molecule has 0 spiro atoms. The van der Waals surface area contributed by atoms with Gasteiger partial charge in [0.15, 0.2) is 6.10 Å². The van der Waals surface area contributed by atoms with Crippen molar-refractivity contribution in [1.29, 1.82) is 0 Å². The van der Waals surface area contributed by atoms with Crippen molar-refractivity contribution in [3.8, 4) is 0 Å². The van der Waals surface area contributed by atoms with Gasteiger partial charge in [-0.3, -0.25) is 9.59 Å². The Hall–Kier alpha value is -3.26. The van der Waals surface area contributed by atoms with E-state index in [1.54, 1.807) is 0 Å². The zero-order valence-corrected chi connectivity index (χ0v) is 19.6. The molecule has 1 fully saturated rings. The Morgan fingerprint density at radius 1 is 1.03 bits per heavy atom. The van der Waals surface area contributed by atoms with Crippen molar-refractivity contribution in [2.75, 3.05) is 36.4 Å². The first kappa shape index (κ1) is 25.4. The van der Waals surface area contributed by atoms with Crippen molar-refractivity contribution >= 4 is 23.2 Å². The van der Waals surface area contributed by atoms with E-state index >= 15 is 0 Å². The highest BCUT2D eigenvalue weighted by Crippen LogP contribution is 2.25. The number of amides is 2. The molecule has 6 nitrogen and oxygen atoms in total. The molecule has 0 aliphatic carbocycles. The van der Waals surface area contributed by atoms with Crippen molar-refractivity contribution < 1.29 is 23.5 Å². The van der Waals surface area contributed by atoms with E-state index in [0.29, 0.717) is 32.6 Å². The summed E-state index contributed by atoms with van der Waals surface area (Å²) in [5.74, 6) is -2.63. The average molecular weight is 472 g/mol. The molecule has 2 aromatic rings. The number of hydrogen-bond acceptors (Lipinski definition) is 4. The number of halogens is 2. The molecule has 1 heterocycles. The van der Waals surface area contributed by atoms with Crippen LogP contribution in [0.2, 0.25) is 0 Å². The number of carbonyl (C=O) groups is 2. The Labute approximate surface area is 198 Å². The van der Waals surface area contributed by atoms with Crippen molar-refractivity contribution in [2.24, 2.45) is 0 Å². The number of allylic oxidation sites excluding steroid dienone is 2. The minimum atomic E-state index is -1.88. The molecule has 1 atom stereocenters. The fourth-order valence-electron chi connectivity index (χ4n) is 3.90. The van der Waals surface area contributed by atoms with Crippen LogP contribution < -0.4 is 10.2 Å². The van der Waals surface area contributed by atoms with Gasteiger partial charge < -0.3 is 20.2 Å². The minimum Gasteiger partial charge on any atom is -0.378 e. The molecule has 2 aromatic carbocycles. The van der Waals surface area contributed by atoms with Gasteiger partial charge in [0.2, 0.25) is 5.91 Å². The lowest BCUT2D eigenvalue weighted by Gasteiger charge is -2.37. The van der Waals surface area contributed by atoms with Crippen molar-refractivity contribution in [2.45, 2.75) is 39.2 Å². The highest BCUT2D eigenvalue weighted by atomic mass is 19.1. The minimum absolute atomic E-state index is 0.0198. The quantitative estimate of drug-likeness (QED) is 0.559. The maximum Gasteiger partial charge on any atom is 0.256 e. The topological polar surface area (TPSA) is 72.9 Å². The molecule has 2 N–H and O–H groups in total. The molecule has 1 unspecified atom stereocenters. The smallest absolute Gasteiger partial charge is 0.256 e. The van der Waals surface area contributed by atoms with Gasteiger partial charge in [-0.1, -0.05) is 17.7 Å². The molecular weight excluding hydrogens is 440 g/mol. The summed E-state index contributed by atoms with van der Waals surface area (Å²) in [6.07, 6.45) is 2.35. The van der Waals surface area contributed by atoms with Crippen LogP contribution in [0.1, 0.15) is 44.8 Å². The Morgan fingerprint density at radius 2 is 1.65 bits per heavy atom. The number of nitrogens with one attached hydrogen (secondary N) is 1. The molecular formula is C26H31F2N3O3. The second kappa shape index (κ2) is 11.7. The zero-order chi connectivity index (χ0) is 24.7. The maximum atomic E-state index is 13.9. The molecule has 2 amide bonds. The van der Waals surface area contributed by atoms with E-state index in [0.717, 1.165) is 36.3 Å². The second-order valence-electron chi connectivity index (χ2n) is 8.43. The summed E-state index contributed by atoms with van der Waals surface area (Å²) in [5, 5.41) is 13.2. The Balaban J connectivity index is 1.50. The fourth-order valence-corrected chi connectivity index (χ4v) is 3.90. The molecule has 3 rings (SSSR count). The molecule has 1 aliphatic heterocycles. The van der Waals surface area contributed by atoms with Crippen LogP contribution in [0, 0.1) is 11.6 Å². The molecule has 0 bridgehead atoms. The van der Waals surface area contributed by atoms with Crippen LogP contribution in [-0.2, 0) is 9.59 Å². The van der Waals surface area contributed by atoms with Gasteiger partial charge in [0.25, 0.3) is 5.91 Å². The van der Waals surface area contributed by atoms with Crippen LogP contribution in [0.15, 0.2) is 54.1 Å². The summed E-state index contributed by atoms with van der Waals surface area (Å²) in [6.45, 7) is 5.69. The van der Waals surface area contributed by atoms with E-state index < -0.39 is 29.2 Å². The Morgan fingerprint density at radius 3 is 2.24 bits per heavy atom. The number of hydrogen-bond donors (Lipinski definition) is 2. The van der Waals surface area contributed by atoms with Crippen molar-refractivity contribution in [3.05, 3.63) is 71.3 Å². The molecule has 0 aromatic heterocycles. The van der Waals surface area contributed by atoms with Gasteiger partial charge in [-0.05, 0) is 63.1 Å². The van der Waals surface area contributed by atoms with E-state index in [1.807, 2.05) is 31.2 Å². The van der Waals surface area contributed by atoms with Gasteiger partial charge in [-0.25, -0.2) is 8.78 Å². The van der Waals surface area contributed by atoms with E-state index in [9.17, 15) is 23.5 Å². The average Bonchev–Trinajstić information content (AvgIpc) is 2.84. The van der Waals surface area contributed by atoms with Gasteiger partial charge in [0.1, 0.15) is 11.6 Å². The summed E-state index contributed by atoms with van der Waals surface area (Å²) in [5.41, 5.74) is 2.31. The Bertz CT molecular complexity index is 1010. The number of anilines is 2. The summed E-state index contributed by atoms with van der Waals surface area (Å²) >= 11 is 0.